The number of hydrogen-bond donors (Lipinski definition) is 2. The van der Waals surface area contributed by atoms with Gasteiger partial charge in [-0.1, -0.05) is 103 Å². The molecule has 0 aromatic carbocycles. The van der Waals surface area contributed by atoms with Crippen molar-refractivity contribution in [2.45, 2.75) is 122 Å². The lowest BCUT2D eigenvalue weighted by molar-refractivity contribution is 0.261. The van der Waals surface area contributed by atoms with Gasteiger partial charge in [0.2, 0.25) is 0 Å². The molecule has 0 aromatic heterocycles. The second-order valence-corrected chi connectivity index (χ2v) is 9.82. The molecule has 6 nitrogen and oxygen atoms in total. The summed E-state index contributed by atoms with van der Waals surface area (Å²) in [6.07, 6.45) is 25.1. The first-order chi connectivity index (χ1) is 14.9. The minimum atomic E-state index is -4.16. The minimum absolute atomic E-state index is 0.340. The van der Waals surface area contributed by atoms with Crippen LogP contribution in [0.4, 0.5) is 0 Å². The normalized spacial score (nSPS) is 11.5. The Bertz CT molecular complexity index is 432. The average Bonchev–Trinajstić information content (AvgIpc) is 2.73. The second kappa shape index (κ2) is 26.0. The van der Waals surface area contributed by atoms with Gasteiger partial charge >= 0.3 is 10.4 Å². The van der Waals surface area contributed by atoms with Gasteiger partial charge in [-0.3, -0.25) is 8.74 Å². The molecule has 0 atom stereocenters. The molecule has 0 saturated heterocycles. The standard InChI is InChI=1S/C23H49NO.CH4O4S/c1-3-4-5-6-7-8-9-10-11-12-13-14-15-16-17-18-21-24(2)22-19-20-23-25;1-5-6(2,3)4/h25H,3-23H2,1-2H3;1H3,(H,2,3,4). The smallest absolute Gasteiger partial charge is 0.396 e. The van der Waals surface area contributed by atoms with Crippen LogP contribution >= 0.6 is 0 Å². The third kappa shape index (κ3) is 34.6. The molecular formula is C24H53NO5S. The molecule has 0 aliphatic carbocycles. The van der Waals surface area contributed by atoms with Crippen molar-refractivity contribution in [3.05, 3.63) is 0 Å². The number of unbranched alkanes of at least 4 members (excludes halogenated alkanes) is 16. The number of aliphatic hydroxyl groups excluding tert-OH is 1. The molecule has 0 aliphatic heterocycles. The lowest BCUT2D eigenvalue weighted by Crippen LogP contribution is -2.21. The van der Waals surface area contributed by atoms with E-state index in [0.717, 1.165) is 26.5 Å². The summed E-state index contributed by atoms with van der Waals surface area (Å²) in [7, 11) is -1.08. The first kappa shape index (κ1) is 33.0. The summed E-state index contributed by atoms with van der Waals surface area (Å²) < 4.78 is 29.7. The lowest BCUT2D eigenvalue weighted by Gasteiger charge is -2.15. The predicted molar refractivity (Wildman–Crippen MR) is 132 cm³/mol. The summed E-state index contributed by atoms with van der Waals surface area (Å²) in [5.41, 5.74) is 0. The van der Waals surface area contributed by atoms with Gasteiger partial charge in [0.15, 0.2) is 0 Å². The molecule has 0 aliphatic rings. The van der Waals surface area contributed by atoms with E-state index in [1.807, 2.05) is 0 Å². The van der Waals surface area contributed by atoms with Crippen molar-refractivity contribution in [3.63, 3.8) is 0 Å². The highest BCUT2D eigenvalue weighted by Gasteiger charge is 1.98. The molecule has 0 rings (SSSR count). The van der Waals surface area contributed by atoms with Crippen LogP contribution in [0.2, 0.25) is 0 Å². The molecule has 0 saturated carbocycles. The quantitative estimate of drug-likeness (QED) is 0.142. The Hall–Kier alpha value is -0.210. The van der Waals surface area contributed by atoms with Crippen molar-refractivity contribution in [2.75, 3.05) is 33.9 Å². The minimum Gasteiger partial charge on any atom is -0.396 e. The Morgan fingerprint density at radius 3 is 1.23 bits per heavy atom. The maximum Gasteiger partial charge on any atom is 0.397 e. The van der Waals surface area contributed by atoms with Gasteiger partial charge in [-0.2, -0.15) is 8.42 Å². The summed E-state index contributed by atoms with van der Waals surface area (Å²) in [5.74, 6) is 0. The van der Waals surface area contributed by atoms with Gasteiger partial charge in [-0.15, -0.1) is 0 Å². The molecule has 31 heavy (non-hydrogen) atoms. The van der Waals surface area contributed by atoms with Crippen LogP contribution in [0.25, 0.3) is 0 Å². The van der Waals surface area contributed by atoms with E-state index in [9.17, 15) is 8.42 Å². The predicted octanol–water partition coefficient (Wildman–Crippen LogP) is 6.39. The van der Waals surface area contributed by atoms with E-state index in [4.69, 9.17) is 9.66 Å². The van der Waals surface area contributed by atoms with Crippen LogP contribution < -0.4 is 0 Å². The van der Waals surface area contributed by atoms with Crippen LogP contribution in [-0.4, -0.2) is 56.8 Å². The summed E-state index contributed by atoms with van der Waals surface area (Å²) in [5, 5.41) is 8.79. The number of aliphatic hydroxyl groups is 1. The Kier molecular flexibility index (Phi) is 27.7. The molecule has 0 unspecified atom stereocenters. The number of rotatable bonds is 22. The molecule has 7 heteroatoms. The van der Waals surface area contributed by atoms with Gasteiger partial charge < -0.3 is 10.0 Å². The molecule has 0 heterocycles. The van der Waals surface area contributed by atoms with E-state index in [1.54, 1.807) is 0 Å². The van der Waals surface area contributed by atoms with Gasteiger partial charge in [0.25, 0.3) is 0 Å². The third-order valence-electron chi connectivity index (χ3n) is 5.55. The Labute approximate surface area is 194 Å². The number of nitrogens with zero attached hydrogens (tertiary/aromatic N) is 1. The third-order valence-corrected chi connectivity index (χ3v) is 5.97. The molecule has 0 amide bonds. The van der Waals surface area contributed by atoms with E-state index >= 15 is 0 Å². The fourth-order valence-corrected chi connectivity index (χ4v) is 3.54. The zero-order valence-electron chi connectivity index (χ0n) is 20.8. The van der Waals surface area contributed by atoms with Crippen LogP contribution in [0.15, 0.2) is 0 Å². The zero-order valence-corrected chi connectivity index (χ0v) is 21.6. The highest BCUT2D eigenvalue weighted by atomic mass is 32.3. The molecule has 0 radical (unpaired) electrons. The van der Waals surface area contributed by atoms with Crippen molar-refractivity contribution in [2.24, 2.45) is 0 Å². The summed E-state index contributed by atoms with van der Waals surface area (Å²) in [6.45, 7) is 5.00. The van der Waals surface area contributed by atoms with E-state index in [2.05, 4.69) is 23.1 Å². The zero-order chi connectivity index (χ0) is 23.6. The SMILES string of the molecule is CCCCCCCCCCCCCCCCCCN(C)CCCCO.COS(=O)(=O)O. The van der Waals surface area contributed by atoms with Crippen molar-refractivity contribution >= 4 is 10.4 Å². The average molecular weight is 468 g/mol. The van der Waals surface area contributed by atoms with E-state index in [1.165, 1.54) is 109 Å². The topological polar surface area (TPSA) is 87.1 Å². The molecule has 0 aromatic rings. The maximum atomic E-state index is 9.33. The first-order valence-corrected chi connectivity index (χ1v) is 14.1. The van der Waals surface area contributed by atoms with Crippen molar-refractivity contribution in [3.8, 4) is 0 Å². The van der Waals surface area contributed by atoms with Crippen LogP contribution in [0.3, 0.4) is 0 Å². The van der Waals surface area contributed by atoms with Gasteiger partial charge in [-0.25, -0.2) is 0 Å². The summed E-state index contributed by atoms with van der Waals surface area (Å²) >= 11 is 0. The van der Waals surface area contributed by atoms with Crippen LogP contribution in [0.1, 0.15) is 122 Å². The fourth-order valence-electron chi connectivity index (χ4n) is 3.54. The van der Waals surface area contributed by atoms with Crippen molar-refractivity contribution in [1.29, 1.82) is 0 Å². The highest BCUT2D eigenvalue weighted by molar-refractivity contribution is 7.80. The van der Waals surface area contributed by atoms with Gasteiger partial charge in [0.1, 0.15) is 0 Å². The Morgan fingerprint density at radius 1 is 0.645 bits per heavy atom. The molecule has 2 N–H and O–H groups in total. The Balaban J connectivity index is 0. The maximum absolute atomic E-state index is 9.33. The van der Waals surface area contributed by atoms with Gasteiger partial charge in [0, 0.05) is 6.61 Å². The van der Waals surface area contributed by atoms with E-state index in [0.29, 0.717) is 6.61 Å². The van der Waals surface area contributed by atoms with Crippen LogP contribution in [-0.2, 0) is 14.6 Å². The van der Waals surface area contributed by atoms with E-state index < -0.39 is 10.4 Å². The molecule has 190 valence electrons. The first-order valence-electron chi connectivity index (χ1n) is 12.7. The summed E-state index contributed by atoms with van der Waals surface area (Å²) in [6, 6.07) is 0. The number of hydrogen-bond acceptors (Lipinski definition) is 5. The monoisotopic (exact) mass is 467 g/mol. The molecule has 0 bridgehead atoms. The van der Waals surface area contributed by atoms with Gasteiger partial charge in [0.05, 0.1) is 7.11 Å². The second-order valence-electron chi connectivity index (χ2n) is 8.63. The molecule has 0 fully saturated rings. The summed E-state index contributed by atoms with van der Waals surface area (Å²) in [4.78, 5) is 2.42. The highest BCUT2D eigenvalue weighted by Crippen LogP contribution is 2.13. The van der Waals surface area contributed by atoms with Gasteiger partial charge in [-0.05, 0) is 39.4 Å². The molecular weight excluding hydrogens is 414 g/mol. The Morgan fingerprint density at radius 2 is 0.935 bits per heavy atom. The van der Waals surface area contributed by atoms with Crippen molar-refractivity contribution < 1.29 is 22.3 Å². The fraction of sp³-hybridized carbons (Fsp3) is 1.00. The largest absolute Gasteiger partial charge is 0.397 e. The van der Waals surface area contributed by atoms with Crippen LogP contribution in [0.5, 0.6) is 0 Å². The molecule has 0 spiro atoms. The van der Waals surface area contributed by atoms with Crippen LogP contribution in [0, 0.1) is 0 Å². The van der Waals surface area contributed by atoms with Crippen molar-refractivity contribution in [1.82, 2.24) is 4.90 Å². The lowest BCUT2D eigenvalue weighted by atomic mass is 10.0. The van der Waals surface area contributed by atoms with E-state index in [-0.39, 0.29) is 0 Å².